The van der Waals surface area contributed by atoms with Gasteiger partial charge in [0.25, 0.3) is 11.1 Å². The van der Waals surface area contributed by atoms with Gasteiger partial charge < -0.3 is 9.47 Å². The van der Waals surface area contributed by atoms with Crippen molar-refractivity contribution in [2.24, 2.45) is 0 Å². The van der Waals surface area contributed by atoms with Crippen molar-refractivity contribution >= 4 is 68.6 Å². The molecule has 0 radical (unpaired) electrons. The maximum absolute atomic E-state index is 13.0. The highest BCUT2D eigenvalue weighted by atomic mass is 35.5. The summed E-state index contributed by atoms with van der Waals surface area (Å²) in [6.07, 6.45) is 1.61. The minimum Gasteiger partial charge on any atom is -0.493 e. The number of nitrogens with zero attached hydrogens (tertiary/aromatic N) is 1. The van der Waals surface area contributed by atoms with E-state index in [-0.39, 0.29) is 4.91 Å². The zero-order chi connectivity index (χ0) is 25.2. The van der Waals surface area contributed by atoms with Crippen molar-refractivity contribution in [3.05, 3.63) is 105 Å². The molecule has 0 bridgehead atoms. The second-order valence-corrected chi connectivity index (χ2v) is 9.84. The van der Waals surface area contributed by atoms with Crippen molar-refractivity contribution in [2.75, 3.05) is 12.0 Å². The van der Waals surface area contributed by atoms with Gasteiger partial charge in [-0.05, 0) is 76.1 Å². The first kappa shape index (κ1) is 24.3. The Labute approximate surface area is 222 Å². The lowest BCUT2D eigenvalue weighted by atomic mass is 10.1. The highest BCUT2D eigenvalue weighted by molar-refractivity contribution is 8.19. The molecule has 180 valence electrons. The largest absolute Gasteiger partial charge is 0.493 e. The zero-order valence-electron chi connectivity index (χ0n) is 19.0. The first-order valence-electron chi connectivity index (χ1n) is 10.9. The van der Waals surface area contributed by atoms with Crippen LogP contribution >= 0.6 is 35.0 Å². The zero-order valence-corrected chi connectivity index (χ0v) is 21.4. The van der Waals surface area contributed by atoms with Gasteiger partial charge in [-0.2, -0.15) is 0 Å². The van der Waals surface area contributed by atoms with Gasteiger partial charge in [0.05, 0.1) is 22.7 Å². The number of anilines is 1. The summed E-state index contributed by atoms with van der Waals surface area (Å²) >= 11 is 13.4. The van der Waals surface area contributed by atoms with Crippen LogP contribution in [0.5, 0.6) is 11.5 Å². The molecule has 0 unspecified atom stereocenters. The molecule has 5 nitrogen and oxygen atoms in total. The maximum Gasteiger partial charge on any atom is 0.298 e. The molecule has 1 heterocycles. The molecule has 1 aliphatic heterocycles. The molecule has 8 heteroatoms. The Bertz CT molecular complexity index is 1540. The molecule has 2 amide bonds. The van der Waals surface area contributed by atoms with Crippen LogP contribution in [0.15, 0.2) is 83.8 Å². The van der Waals surface area contributed by atoms with Crippen LogP contribution in [-0.2, 0) is 11.4 Å². The first-order chi connectivity index (χ1) is 17.4. The van der Waals surface area contributed by atoms with Crippen LogP contribution in [0.4, 0.5) is 10.5 Å². The smallest absolute Gasteiger partial charge is 0.298 e. The molecule has 0 atom stereocenters. The normalized spacial score (nSPS) is 14.6. The molecule has 36 heavy (non-hydrogen) atoms. The van der Waals surface area contributed by atoms with E-state index < -0.39 is 11.1 Å². The van der Waals surface area contributed by atoms with Gasteiger partial charge >= 0.3 is 0 Å². The molecule has 1 fully saturated rings. The van der Waals surface area contributed by atoms with Crippen LogP contribution in [0.1, 0.15) is 11.1 Å². The van der Waals surface area contributed by atoms with Gasteiger partial charge in [0.1, 0.15) is 6.61 Å². The second-order valence-electron chi connectivity index (χ2n) is 8.00. The molecule has 0 aliphatic carbocycles. The van der Waals surface area contributed by atoms with Gasteiger partial charge in [-0.25, -0.2) is 4.90 Å². The van der Waals surface area contributed by atoms with Crippen LogP contribution in [0, 0.1) is 0 Å². The highest BCUT2D eigenvalue weighted by Crippen LogP contribution is 2.40. The molecule has 4 aromatic rings. The molecule has 1 aliphatic rings. The maximum atomic E-state index is 13.0. The fraction of sp³-hybridized carbons (Fsp3) is 0.0714. The second kappa shape index (κ2) is 10.3. The molecule has 0 spiro atoms. The molecule has 0 aromatic heterocycles. The van der Waals surface area contributed by atoms with Crippen LogP contribution in [0.3, 0.4) is 0 Å². The third-order valence-corrected chi connectivity index (χ3v) is 6.99. The number of ether oxygens (including phenoxy) is 2. The Morgan fingerprint density at radius 2 is 1.72 bits per heavy atom. The summed E-state index contributed by atoms with van der Waals surface area (Å²) < 4.78 is 11.5. The summed E-state index contributed by atoms with van der Waals surface area (Å²) in [7, 11) is 1.52. The lowest BCUT2D eigenvalue weighted by Crippen LogP contribution is -2.27. The van der Waals surface area contributed by atoms with Gasteiger partial charge in [-0.3, -0.25) is 9.59 Å². The van der Waals surface area contributed by atoms with Crippen molar-refractivity contribution in [1.82, 2.24) is 0 Å². The van der Waals surface area contributed by atoms with E-state index in [1.807, 2.05) is 24.3 Å². The van der Waals surface area contributed by atoms with Crippen LogP contribution in [-0.4, -0.2) is 18.3 Å². The number of methoxy groups -OCH3 is 1. The molecule has 0 N–H and O–H groups in total. The van der Waals surface area contributed by atoms with E-state index in [1.165, 1.54) is 7.11 Å². The monoisotopic (exact) mass is 535 g/mol. The van der Waals surface area contributed by atoms with Crippen molar-refractivity contribution in [2.45, 2.75) is 6.61 Å². The fourth-order valence-corrected chi connectivity index (χ4v) is 5.20. The Kier molecular flexibility index (Phi) is 6.92. The lowest BCUT2D eigenvalue weighted by molar-refractivity contribution is -0.113. The number of carbonyl (C=O) groups is 2. The number of halogens is 2. The molecule has 5 rings (SSSR count). The average Bonchev–Trinajstić information content (AvgIpc) is 3.15. The minimum atomic E-state index is -0.431. The number of amides is 2. The third-order valence-electron chi connectivity index (χ3n) is 5.61. The van der Waals surface area contributed by atoms with E-state index in [4.69, 9.17) is 32.7 Å². The lowest BCUT2D eigenvalue weighted by Gasteiger charge is -2.14. The van der Waals surface area contributed by atoms with Gasteiger partial charge in [0, 0.05) is 5.02 Å². The summed E-state index contributed by atoms with van der Waals surface area (Å²) in [4.78, 5) is 26.9. The number of imide groups is 1. The number of rotatable bonds is 6. The van der Waals surface area contributed by atoms with Crippen LogP contribution < -0.4 is 14.4 Å². The Hall–Kier alpha value is -3.45. The van der Waals surface area contributed by atoms with Crippen molar-refractivity contribution in [3.63, 3.8) is 0 Å². The van der Waals surface area contributed by atoms with E-state index in [0.29, 0.717) is 39.4 Å². The van der Waals surface area contributed by atoms with Crippen molar-refractivity contribution in [1.29, 1.82) is 0 Å². The van der Waals surface area contributed by atoms with Crippen LogP contribution in [0.25, 0.3) is 16.8 Å². The number of thioether (sulfide) groups is 1. The molecule has 4 aromatic carbocycles. The van der Waals surface area contributed by atoms with Crippen molar-refractivity contribution < 1.29 is 19.1 Å². The van der Waals surface area contributed by atoms with E-state index >= 15 is 0 Å². The number of carbonyl (C=O) groups excluding carboxylic acids is 2. The minimum absolute atomic E-state index is 0.267. The van der Waals surface area contributed by atoms with E-state index in [0.717, 1.165) is 33.0 Å². The van der Waals surface area contributed by atoms with Gasteiger partial charge in [-0.15, -0.1) is 0 Å². The number of hydrogen-bond acceptors (Lipinski definition) is 5. The van der Waals surface area contributed by atoms with Gasteiger partial charge in [0.15, 0.2) is 11.5 Å². The Morgan fingerprint density at radius 3 is 2.50 bits per heavy atom. The van der Waals surface area contributed by atoms with E-state index in [1.54, 1.807) is 42.5 Å². The van der Waals surface area contributed by atoms with Gasteiger partial charge in [-0.1, -0.05) is 65.7 Å². The SMILES string of the molecule is COc1cc(/C=C2/SC(=O)N(c3cccc(Cl)c3)C2=O)cc(Cl)c1OCc1ccc2ccccc2c1. The summed E-state index contributed by atoms with van der Waals surface area (Å²) in [5.41, 5.74) is 2.01. The summed E-state index contributed by atoms with van der Waals surface area (Å²) in [5, 5.41) is 2.64. The fourth-order valence-electron chi connectivity index (χ4n) is 3.90. The summed E-state index contributed by atoms with van der Waals surface area (Å²) in [5.74, 6) is 0.388. The highest BCUT2D eigenvalue weighted by Gasteiger charge is 2.36. The predicted octanol–water partition coefficient (Wildman–Crippen LogP) is 7.98. The predicted molar refractivity (Wildman–Crippen MR) is 146 cm³/mol. The molecular weight excluding hydrogens is 517 g/mol. The Morgan fingerprint density at radius 1 is 0.917 bits per heavy atom. The van der Waals surface area contributed by atoms with Crippen molar-refractivity contribution in [3.8, 4) is 11.5 Å². The number of hydrogen-bond donors (Lipinski definition) is 0. The molecule has 0 saturated carbocycles. The summed E-state index contributed by atoms with van der Waals surface area (Å²) in [6.45, 7) is 0.304. The van der Waals surface area contributed by atoms with Crippen LogP contribution in [0.2, 0.25) is 10.0 Å². The quantitative estimate of drug-likeness (QED) is 0.234. The third kappa shape index (κ3) is 4.93. The van der Waals surface area contributed by atoms with E-state index in [9.17, 15) is 9.59 Å². The average molecular weight is 536 g/mol. The molecule has 1 saturated heterocycles. The molecular formula is C28H19Cl2NO4S. The van der Waals surface area contributed by atoms with Gasteiger partial charge in [0.2, 0.25) is 0 Å². The standard InChI is InChI=1S/C28H19Cl2NO4S/c1-34-24-13-18(14-25-27(32)31(28(33)36-25)22-8-4-7-21(29)15-22)12-23(30)26(24)35-16-17-9-10-19-5-2-3-6-20(19)11-17/h2-15H,16H2,1H3/b25-14+. The topological polar surface area (TPSA) is 55.8 Å². The van der Waals surface area contributed by atoms with E-state index in [2.05, 4.69) is 18.2 Å². The number of fused-ring (bicyclic) bond motifs is 1. The summed E-state index contributed by atoms with van der Waals surface area (Å²) in [6, 6.07) is 24.2. The first-order valence-corrected chi connectivity index (χ1v) is 12.5. The Balaban J connectivity index is 1.38. The number of benzene rings is 4.